The zero-order valence-electron chi connectivity index (χ0n) is 15.3. The minimum absolute atomic E-state index is 0.0711. The summed E-state index contributed by atoms with van der Waals surface area (Å²) in [5.41, 5.74) is 8.07. The van der Waals surface area contributed by atoms with E-state index in [-0.39, 0.29) is 5.91 Å². The molecule has 4 rings (SSSR count). The van der Waals surface area contributed by atoms with Crippen molar-refractivity contribution in [1.29, 1.82) is 0 Å². The second kappa shape index (κ2) is 7.48. The van der Waals surface area contributed by atoms with Gasteiger partial charge in [-0.25, -0.2) is 9.97 Å². The van der Waals surface area contributed by atoms with Gasteiger partial charge in [-0.3, -0.25) is 9.79 Å². The molecule has 2 aliphatic rings. The fourth-order valence-corrected chi connectivity index (χ4v) is 4.53. The molecule has 4 heterocycles. The highest BCUT2D eigenvalue weighted by Gasteiger charge is 2.30. The summed E-state index contributed by atoms with van der Waals surface area (Å²) >= 11 is 1.42. The van der Waals surface area contributed by atoms with Crippen LogP contribution < -0.4 is 10.6 Å². The summed E-state index contributed by atoms with van der Waals surface area (Å²) in [6.45, 7) is 2.69. The van der Waals surface area contributed by atoms with Crippen molar-refractivity contribution in [3.63, 3.8) is 0 Å². The van der Waals surface area contributed by atoms with Crippen molar-refractivity contribution < 1.29 is 4.79 Å². The number of rotatable bonds is 4. The third kappa shape index (κ3) is 3.32. The predicted octanol–water partition coefficient (Wildman–Crippen LogP) is 2.30. The van der Waals surface area contributed by atoms with Gasteiger partial charge in [0.25, 0.3) is 5.91 Å². The molecule has 0 unspecified atom stereocenters. The van der Waals surface area contributed by atoms with Crippen LogP contribution in [0.25, 0.3) is 10.6 Å². The van der Waals surface area contributed by atoms with Gasteiger partial charge in [0.1, 0.15) is 15.7 Å². The van der Waals surface area contributed by atoms with E-state index in [1.807, 2.05) is 18.3 Å². The molecule has 0 atom stereocenters. The van der Waals surface area contributed by atoms with Crippen LogP contribution in [0.15, 0.2) is 35.2 Å². The maximum Gasteiger partial charge on any atom is 0.270 e. The van der Waals surface area contributed by atoms with Gasteiger partial charge in [-0.2, -0.15) is 0 Å². The average Bonchev–Trinajstić information content (AvgIpc) is 3.37. The quantitative estimate of drug-likeness (QED) is 0.820. The molecule has 0 radical (unpaired) electrons. The zero-order chi connectivity index (χ0) is 18.8. The lowest BCUT2D eigenvalue weighted by Gasteiger charge is -2.26. The van der Waals surface area contributed by atoms with E-state index in [1.54, 1.807) is 18.2 Å². The number of anilines is 1. The van der Waals surface area contributed by atoms with Crippen LogP contribution in [0.1, 0.15) is 28.2 Å². The van der Waals surface area contributed by atoms with E-state index in [2.05, 4.69) is 14.9 Å². The van der Waals surface area contributed by atoms with E-state index in [4.69, 9.17) is 10.7 Å². The lowest BCUT2D eigenvalue weighted by atomic mass is 10.1. The second-order valence-electron chi connectivity index (χ2n) is 6.58. The van der Waals surface area contributed by atoms with E-state index < -0.39 is 0 Å². The molecule has 1 amide bonds. The molecule has 2 aromatic heterocycles. The SMILES string of the molecule is CN=C/C(=C\N)N1CCc2nc(-c3ccc(N4CCCC4)nc3)sc2C1=O. The number of allylic oxidation sites excluding steroid dienone is 1. The molecular weight excluding hydrogens is 360 g/mol. The number of hydrogen-bond donors (Lipinski definition) is 1. The van der Waals surface area contributed by atoms with Gasteiger partial charge >= 0.3 is 0 Å². The number of carbonyl (C=O) groups is 1. The smallest absolute Gasteiger partial charge is 0.270 e. The largest absolute Gasteiger partial charge is 0.403 e. The van der Waals surface area contributed by atoms with Crippen LogP contribution >= 0.6 is 11.3 Å². The number of pyridine rings is 1. The Balaban J connectivity index is 1.58. The van der Waals surface area contributed by atoms with Crippen LogP contribution in [-0.4, -0.2) is 53.7 Å². The number of carbonyl (C=O) groups excluding carboxylic acids is 1. The Bertz CT molecular complexity index is 895. The Labute approximate surface area is 162 Å². The topological polar surface area (TPSA) is 87.7 Å². The summed E-state index contributed by atoms with van der Waals surface area (Å²) in [5, 5.41) is 0.832. The molecule has 2 aromatic rings. The normalized spacial score (nSPS) is 17.8. The number of hydrogen-bond acceptors (Lipinski definition) is 7. The van der Waals surface area contributed by atoms with Crippen molar-refractivity contribution in [3.8, 4) is 10.6 Å². The molecule has 0 aliphatic carbocycles. The van der Waals surface area contributed by atoms with E-state index in [0.717, 1.165) is 35.2 Å². The first-order valence-electron chi connectivity index (χ1n) is 9.08. The standard InChI is InChI=1S/C19H22N6OS/c1-21-12-14(10-20)25-9-6-15-17(19(25)26)27-18(23-15)13-4-5-16(22-11-13)24-7-2-3-8-24/h4-5,10-12H,2-3,6-9,20H2,1H3/b14-10+,21-12?. The molecule has 0 bridgehead atoms. The summed E-state index contributed by atoms with van der Waals surface area (Å²) in [6.07, 6.45) is 8.03. The first-order chi connectivity index (χ1) is 13.2. The zero-order valence-corrected chi connectivity index (χ0v) is 16.1. The van der Waals surface area contributed by atoms with Crippen LogP contribution in [0, 0.1) is 0 Å². The van der Waals surface area contributed by atoms with E-state index >= 15 is 0 Å². The summed E-state index contributed by atoms with van der Waals surface area (Å²) in [4.78, 5) is 30.8. The van der Waals surface area contributed by atoms with Crippen LogP contribution in [0.4, 0.5) is 5.82 Å². The number of nitrogens with two attached hydrogens (primary N) is 1. The average molecular weight is 382 g/mol. The fourth-order valence-electron chi connectivity index (χ4n) is 3.48. The third-order valence-corrected chi connectivity index (χ3v) is 6.01. The molecule has 7 nitrogen and oxygen atoms in total. The lowest BCUT2D eigenvalue weighted by Crippen LogP contribution is -2.37. The van der Waals surface area contributed by atoms with Gasteiger partial charge in [-0.1, -0.05) is 0 Å². The van der Waals surface area contributed by atoms with Gasteiger partial charge in [-0.15, -0.1) is 11.3 Å². The summed E-state index contributed by atoms with van der Waals surface area (Å²) in [6, 6.07) is 4.09. The number of amides is 1. The number of fused-ring (bicyclic) bond motifs is 1. The molecule has 2 N–H and O–H groups in total. The van der Waals surface area contributed by atoms with Crippen molar-refractivity contribution >= 4 is 29.3 Å². The Morgan fingerprint density at radius 2 is 2.11 bits per heavy atom. The predicted molar refractivity (Wildman–Crippen MR) is 108 cm³/mol. The molecule has 0 aromatic carbocycles. The van der Waals surface area contributed by atoms with Crippen LogP contribution in [0.3, 0.4) is 0 Å². The Morgan fingerprint density at radius 3 is 2.78 bits per heavy atom. The maximum atomic E-state index is 12.9. The number of nitrogens with zero attached hydrogens (tertiary/aromatic N) is 5. The van der Waals surface area contributed by atoms with Gasteiger partial charge in [0.15, 0.2) is 0 Å². The van der Waals surface area contributed by atoms with Gasteiger partial charge in [-0.05, 0) is 25.0 Å². The second-order valence-corrected chi connectivity index (χ2v) is 7.58. The van der Waals surface area contributed by atoms with Crippen LogP contribution in [0.2, 0.25) is 0 Å². The highest BCUT2D eigenvalue weighted by molar-refractivity contribution is 7.17. The van der Waals surface area contributed by atoms with Crippen molar-refractivity contribution in [1.82, 2.24) is 14.9 Å². The molecule has 2 aliphatic heterocycles. The summed E-state index contributed by atoms with van der Waals surface area (Å²) in [5.74, 6) is 0.939. The van der Waals surface area contributed by atoms with Crippen molar-refractivity contribution in [2.75, 3.05) is 31.6 Å². The molecule has 0 spiro atoms. The van der Waals surface area contributed by atoms with E-state index in [1.165, 1.54) is 30.4 Å². The van der Waals surface area contributed by atoms with E-state index in [9.17, 15) is 4.79 Å². The fraction of sp³-hybridized carbons (Fsp3) is 0.368. The molecule has 1 fully saturated rings. The molecular formula is C19H22N6OS. The van der Waals surface area contributed by atoms with Crippen molar-refractivity contribution in [2.45, 2.75) is 19.3 Å². The summed E-state index contributed by atoms with van der Waals surface area (Å²) < 4.78 is 0. The number of thiazole rings is 1. The third-order valence-electron chi connectivity index (χ3n) is 4.88. The highest BCUT2D eigenvalue weighted by atomic mass is 32.1. The monoisotopic (exact) mass is 382 g/mol. The molecule has 27 heavy (non-hydrogen) atoms. The molecule has 1 saturated heterocycles. The Morgan fingerprint density at radius 1 is 1.30 bits per heavy atom. The van der Waals surface area contributed by atoms with Crippen LogP contribution in [0.5, 0.6) is 0 Å². The molecule has 0 saturated carbocycles. The number of aromatic nitrogens is 2. The van der Waals surface area contributed by atoms with Gasteiger partial charge in [0, 0.05) is 57.3 Å². The Kier molecular flexibility index (Phi) is 4.89. The molecule has 140 valence electrons. The minimum Gasteiger partial charge on any atom is -0.403 e. The summed E-state index contributed by atoms with van der Waals surface area (Å²) in [7, 11) is 1.66. The molecule has 8 heteroatoms. The van der Waals surface area contributed by atoms with Crippen molar-refractivity contribution in [3.05, 3.63) is 40.8 Å². The van der Waals surface area contributed by atoms with Gasteiger partial charge in [0.05, 0.1) is 11.4 Å². The van der Waals surface area contributed by atoms with Crippen molar-refractivity contribution in [2.24, 2.45) is 10.7 Å². The Hall–Kier alpha value is -2.74. The maximum absolute atomic E-state index is 12.9. The first kappa shape index (κ1) is 17.7. The lowest BCUT2D eigenvalue weighted by molar-refractivity contribution is 0.0805. The number of aliphatic imine (C=N–C) groups is 1. The van der Waals surface area contributed by atoms with Crippen LogP contribution in [-0.2, 0) is 6.42 Å². The first-order valence-corrected chi connectivity index (χ1v) is 9.90. The van der Waals surface area contributed by atoms with E-state index in [0.29, 0.717) is 23.5 Å². The van der Waals surface area contributed by atoms with Gasteiger partial charge < -0.3 is 15.5 Å². The van der Waals surface area contributed by atoms with Gasteiger partial charge in [0.2, 0.25) is 0 Å². The highest BCUT2D eigenvalue weighted by Crippen LogP contribution is 2.33. The minimum atomic E-state index is -0.0711.